The molecule has 0 aliphatic heterocycles. The molecular formula is C11H14BrN. The van der Waals surface area contributed by atoms with Gasteiger partial charge >= 0.3 is 0 Å². The van der Waals surface area contributed by atoms with Crippen LogP contribution < -0.4 is 5.32 Å². The zero-order valence-electron chi connectivity index (χ0n) is 7.76. The molecule has 0 radical (unpaired) electrons. The molecule has 1 N–H and O–H groups in total. The lowest BCUT2D eigenvalue weighted by atomic mass is 10.1. The third-order valence-electron chi connectivity index (χ3n) is 2.43. The summed E-state index contributed by atoms with van der Waals surface area (Å²) in [4.78, 5) is 0. The maximum Gasteiger partial charge on any atom is 0.0294 e. The fourth-order valence-electron chi connectivity index (χ4n) is 1.45. The second kappa shape index (κ2) is 3.81. The number of benzene rings is 1. The van der Waals surface area contributed by atoms with E-state index in [-0.39, 0.29) is 0 Å². The number of rotatable bonds is 3. The number of hydrogen-bond acceptors (Lipinski definition) is 1. The number of hydrogen-bond donors (Lipinski definition) is 1. The monoisotopic (exact) mass is 239 g/mol. The molecule has 0 bridgehead atoms. The second-order valence-electron chi connectivity index (χ2n) is 3.71. The van der Waals surface area contributed by atoms with Gasteiger partial charge in [0.25, 0.3) is 0 Å². The van der Waals surface area contributed by atoms with Crippen molar-refractivity contribution < 1.29 is 0 Å². The molecular weight excluding hydrogens is 226 g/mol. The van der Waals surface area contributed by atoms with Gasteiger partial charge in [0.15, 0.2) is 0 Å². The SMILES string of the molecule is C[C@@H](NC1CC1)c1ccc(Br)cc1. The van der Waals surface area contributed by atoms with Crippen LogP contribution in [0.5, 0.6) is 0 Å². The smallest absolute Gasteiger partial charge is 0.0294 e. The van der Waals surface area contributed by atoms with Crippen LogP contribution in [-0.4, -0.2) is 6.04 Å². The van der Waals surface area contributed by atoms with Gasteiger partial charge < -0.3 is 5.32 Å². The van der Waals surface area contributed by atoms with Crippen molar-refractivity contribution in [2.75, 3.05) is 0 Å². The van der Waals surface area contributed by atoms with E-state index in [9.17, 15) is 0 Å². The average Bonchev–Trinajstić information content (AvgIpc) is 2.89. The van der Waals surface area contributed by atoms with Gasteiger partial charge in [-0.25, -0.2) is 0 Å². The summed E-state index contributed by atoms with van der Waals surface area (Å²) in [5.74, 6) is 0. The fourth-order valence-corrected chi connectivity index (χ4v) is 1.72. The van der Waals surface area contributed by atoms with E-state index in [4.69, 9.17) is 0 Å². The molecule has 0 spiro atoms. The Morgan fingerprint density at radius 3 is 2.46 bits per heavy atom. The molecule has 0 heterocycles. The van der Waals surface area contributed by atoms with Crippen molar-refractivity contribution in [3.05, 3.63) is 34.3 Å². The number of nitrogens with one attached hydrogen (secondary N) is 1. The third kappa shape index (κ3) is 2.55. The molecule has 1 aliphatic rings. The molecule has 13 heavy (non-hydrogen) atoms. The van der Waals surface area contributed by atoms with E-state index >= 15 is 0 Å². The first kappa shape index (κ1) is 9.22. The van der Waals surface area contributed by atoms with Gasteiger partial charge in [-0.1, -0.05) is 28.1 Å². The molecule has 0 saturated heterocycles. The van der Waals surface area contributed by atoms with Crippen molar-refractivity contribution in [2.24, 2.45) is 0 Å². The molecule has 1 aromatic rings. The van der Waals surface area contributed by atoms with Gasteiger partial charge in [0.1, 0.15) is 0 Å². The maximum absolute atomic E-state index is 3.57. The molecule has 1 nitrogen and oxygen atoms in total. The Balaban J connectivity index is 2.01. The van der Waals surface area contributed by atoms with Crippen LogP contribution in [0.25, 0.3) is 0 Å². The first-order chi connectivity index (χ1) is 6.25. The van der Waals surface area contributed by atoms with Gasteiger partial charge in [-0.05, 0) is 37.5 Å². The van der Waals surface area contributed by atoms with Gasteiger partial charge in [-0.3, -0.25) is 0 Å². The zero-order chi connectivity index (χ0) is 9.26. The summed E-state index contributed by atoms with van der Waals surface area (Å²) in [6.45, 7) is 2.22. The topological polar surface area (TPSA) is 12.0 Å². The largest absolute Gasteiger partial charge is 0.307 e. The highest BCUT2D eigenvalue weighted by molar-refractivity contribution is 9.10. The van der Waals surface area contributed by atoms with Crippen molar-refractivity contribution in [2.45, 2.75) is 31.8 Å². The maximum atomic E-state index is 3.57. The van der Waals surface area contributed by atoms with Crippen molar-refractivity contribution in [1.82, 2.24) is 5.32 Å². The fraction of sp³-hybridized carbons (Fsp3) is 0.455. The highest BCUT2D eigenvalue weighted by Gasteiger charge is 2.22. The number of halogens is 1. The van der Waals surface area contributed by atoms with E-state index in [0.29, 0.717) is 6.04 Å². The van der Waals surface area contributed by atoms with Crippen molar-refractivity contribution >= 4 is 15.9 Å². The minimum absolute atomic E-state index is 0.487. The van der Waals surface area contributed by atoms with Crippen LogP contribution in [0.4, 0.5) is 0 Å². The van der Waals surface area contributed by atoms with Crippen LogP contribution in [0, 0.1) is 0 Å². The Labute approximate surface area is 87.7 Å². The Bertz CT molecular complexity index is 277. The van der Waals surface area contributed by atoms with Crippen LogP contribution in [0.1, 0.15) is 31.4 Å². The van der Waals surface area contributed by atoms with E-state index in [1.54, 1.807) is 0 Å². The summed E-state index contributed by atoms with van der Waals surface area (Å²) in [6.07, 6.45) is 2.70. The summed E-state index contributed by atoms with van der Waals surface area (Å²) in [7, 11) is 0. The Kier molecular flexibility index (Phi) is 2.70. The standard InChI is InChI=1S/C11H14BrN/c1-8(13-11-6-7-11)9-2-4-10(12)5-3-9/h2-5,8,11,13H,6-7H2,1H3/t8-/m1/s1. The van der Waals surface area contributed by atoms with E-state index in [0.717, 1.165) is 10.5 Å². The molecule has 2 heteroatoms. The summed E-state index contributed by atoms with van der Waals surface area (Å²) < 4.78 is 1.15. The van der Waals surface area contributed by atoms with Crippen LogP contribution in [-0.2, 0) is 0 Å². The van der Waals surface area contributed by atoms with Crippen molar-refractivity contribution in [3.63, 3.8) is 0 Å². The van der Waals surface area contributed by atoms with Gasteiger partial charge in [-0.15, -0.1) is 0 Å². The van der Waals surface area contributed by atoms with Crippen LogP contribution in [0.2, 0.25) is 0 Å². The molecule has 0 amide bonds. The highest BCUT2D eigenvalue weighted by atomic mass is 79.9. The normalized spacial score (nSPS) is 18.6. The van der Waals surface area contributed by atoms with Gasteiger partial charge in [0.2, 0.25) is 0 Å². The van der Waals surface area contributed by atoms with Gasteiger partial charge in [0, 0.05) is 16.6 Å². The summed E-state index contributed by atoms with van der Waals surface area (Å²) in [6, 6.07) is 9.80. The second-order valence-corrected chi connectivity index (χ2v) is 4.63. The van der Waals surface area contributed by atoms with Crippen LogP contribution in [0.3, 0.4) is 0 Å². The zero-order valence-corrected chi connectivity index (χ0v) is 9.34. The molecule has 1 atom stereocenters. The van der Waals surface area contributed by atoms with E-state index in [1.807, 2.05) is 0 Å². The Morgan fingerprint density at radius 2 is 1.92 bits per heavy atom. The lowest BCUT2D eigenvalue weighted by molar-refractivity contribution is 0.571. The predicted molar refractivity (Wildman–Crippen MR) is 58.7 cm³/mol. The lowest BCUT2D eigenvalue weighted by Crippen LogP contribution is -2.20. The van der Waals surface area contributed by atoms with Crippen molar-refractivity contribution in [3.8, 4) is 0 Å². The average molecular weight is 240 g/mol. The molecule has 70 valence electrons. The van der Waals surface area contributed by atoms with Crippen LogP contribution in [0.15, 0.2) is 28.7 Å². The molecule has 1 aliphatic carbocycles. The first-order valence-electron chi connectivity index (χ1n) is 4.77. The van der Waals surface area contributed by atoms with Gasteiger partial charge in [-0.2, -0.15) is 0 Å². The lowest BCUT2D eigenvalue weighted by Gasteiger charge is -2.13. The Hall–Kier alpha value is -0.340. The van der Waals surface area contributed by atoms with Crippen molar-refractivity contribution in [1.29, 1.82) is 0 Å². The highest BCUT2D eigenvalue weighted by Crippen LogP contribution is 2.24. The van der Waals surface area contributed by atoms with E-state index < -0.39 is 0 Å². The third-order valence-corrected chi connectivity index (χ3v) is 2.96. The molecule has 0 unspecified atom stereocenters. The minimum atomic E-state index is 0.487. The predicted octanol–water partition coefficient (Wildman–Crippen LogP) is 3.26. The summed E-state index contributed by atoms with van der Waals surface area (Å²) >= 11 is 3.44. The molecule has 2 rings (SSSR count). The molecule has 1 saturated carbocycles. The van der Waals surface area contributed by atoms with E-state index in [2.05, 4.69) is 52.4 Å². The van der Waals surface area contributed by atoms with E-state index in [1.165, 1.54) is 18.4 Å². The molecule has 1 aromatic carbocycles. The van der Waals surface area contributed by atoms with Crippen LogP contribution >= 0.6 is 15.9 Å². The first-order valence-corrected chi connectivity index (χ1v) is 5.56. The minimum Gasteiger partial charge on any atom is -0.307 e. The molecule has 0 aromatic heterocycles. The molecule has 1 fully saturated rings. The van der Waals surface area contributed by atoms with Gasteiger partial charge in [0.05, 0.1) is 0 Å². The summed E-state index contributed by atoms with van der Waals surface area (Å²) in [5, 5.41) is 3.57. The quantitative estimate of drug-likeness (QED) is 0.855. The summed E-state index contributed by atoms with van der Waals surface area (Å²) in [5.41, 5.74) is 1.37. The Morgan fingerprint density at radius 1 is 1.31 bits per heavy atom.